The van der Waals surface area contributed by atoms with Gasteiger partial charge in [0.05, 0.1) is 19.2 Å². The van der Waals surface area contributed by atoms with Gasteiger partial charge in [-0.2, -0.15) is 0 Å². The molecule has 0 radical (unpaired) electrons. The first-order valence-corrected chi connectivity index (χ1v) is 6.88. The van der Waals surface area contributed by atoms with E-state index in [9.17, 15) is 9.59 Å². The number of likely N-dealkylation sites (N-methyl/N-ethyl adjacent to an activating group) is 1. The van der Waals surface area contributed by atoms with Gasteiger partial charge in [0.15, 0.2) is 5.13 Å². The molecule has 1 heterocycles. The summed E-state index contributed by atoms with van der Waals surface area (Å²) in [6.45, 7) is 4.37. The second-order valence-electron chi connectivity index (χ2n) is 4.12. The van der Waals surface area contributed by atoms with Crippen molar-refractivity contribution in [2.24, 2.45) is 0 Å². The van der Waals surface area contributed by atoms with Gasteiger partial charge in [0.25, 0.3) is 0 Å². The summed E-state index contributed by atoms with van der Waals surface area (Å²) >= 11 is 1.37. The molecule has 0 fully saturated rings. The number of nitrogens with zero attached hydrogens (tertiary/aromatic N) is 2. The van der Waals surface area contributed by atoms with Gasteiger partial charge in [0.2, 0.25) is 5.91 Å². The molecule has 106 valence electrons. The lowest BCUT2D eigenvalue weighted by Crippen LogP contribution is -2.38. The number of hydrogen-bond donors (Lipinski definition) is 1. The first-order chi connectivity index (χ1) is 8.97. The van der Waals surface area contributed by atoms with Crippen LogP contribution in [0.25, 0.3) is 0 Å². The third kappa shape index (κ3) is 4.51. The predicted octanol–water partition coefficient (Wildman–Crippen LogP) is 1.14. The Morgan fingerprint density at radius 1 is 1.58 bits per heavy atom. The van der Waals surface area contributed by atoms with Gasteiger partial charge in [0.1, 0.15) is 6.04 Å². The van der Waals surface area contributed by atoms with Crippen molar-refractivity contribution in [2.75, 3.05) is 26.0 Å². The molecule has 1 amide bonds. The zero-order valence-corrected chi connectivity index (χ0v) is 12.4. The number of nitrogens with one attached hydrogen (secondary N) is 1. The lowest BCUT2D eigenvalue weighted by Gasteiger charge is -2.20. The molecule has 1 aromatic rings. The number of carbonyl (C=O) groups is 2. The van der Waals surface area contributed by atoms with Crippen LogP contribution in [0, 0.1) is 0 Å². The molecule has 0 aliphatic heterocycles. The number of hydrogen-bond acceptors (Lipinski definition) is 6. The van der Waals surface area contributed by atoms with Crippen LogP contribution in [0.2, 0.25) is 0 Å². The van der Waals surface area contributed by atoms with Gasteiger partial charge in [-0.1, -0.05) is 0 Å². The van der Waals surface area contributed by atoms with E-state index >= 15 is 0 Å². The van der Waals surface area contributed by atoms with Gasteiger partial charge in [-0.25, -0.2) is 4.98 Å². The molecule has 0 spiro atoms. The Bertz CT molecular complexity index is 447. The molecule has 1 unspecified atom stereocenters. The fraction of sp³-hybridized carbons (Fsp3) is 0.583. The van der Waals surface area contributed by atoms with E-state index in [0.717, 1.165) is 0 Å². The SMILES string of the molecule is CCN(C)C(=O)C(C)Nc1nc(CC(=O)OC)cs1. The van der Waals surface area contributed by atoms with Crippen molar-refractivity contribution in [3.05, 3.63) is 11.1 Å². The van der Waals surface area contributed by atoms with Gasteiger partial charge in [-0.15, -0.1) is 11.3 Å². The van der Waals surface area contributed by atoms with Crippen molar-refractivity contribution in [1.29, 1.82) is 0 Å². The normalized spacial score (nSPS) is 11.8. The van der Waals surface area contributed by atoms with Gasteiger partial charge in [-0.05, 0) is 13.8 Å². The van der Waals surface area contributed by atoms with E-state index in [2.05, 4.69) is 15.0 Å². The van der Waals surface area contributed by atoms with Crippen LogP contribution in [0.4, 0.5) is 5.13 Å². The van der Waals surface area contributed by atoms with Crippen LogP contribution in [0.3, 0.4) is 0 Å². The van der Waals surface area contributed by atoms with E-state index in [1.165, 1.54) is 18.4 Å². The fourth-order valence-electron chi connectivity index (χ4n) is 1.41. The van der Waals surface area contributed by atoms with E-state index < -0.39 is 0 Å². The quantitative estimate of drug-likeness (QED) is 0.794. The average molecular weight is 285 g/mol. The summed E-state index contributed by atoms with van der Waals surface area (Å²) in [6, 6.07) is -0.345. The van der Waals surface area contributed by atoms with E-state index in [4.69, 9.17) is 0 Å². The van der Waals surface area contributed by atoms with Crippen molar-refractivity contribution in [3.63, 3.8) is 0 Å². The number of ether oxygens (including phenoxy) is 1. The molecule has 6 nitrogen and oxygen atoms in total. The zero-order chi connectivity index (χ0) is 14.4. The first kappa shape index (κ1) is 15.4. The molecule has 0 bridgehead atoms. The van der Waals surface area contributed by atoms with Crippen LogP contribution >= 0.6 is 11.3 Å². The Kier molecular flexibility index (Phi) is 5.75. The second-order valence-corrected chi connectivity index (χ2v) is 4.97. The number of anilines is 1. The lowest BCUT2D eigenvalue weighted by atomic mass is 10.3. The molecular formula is C12H19N3O3S. The zero-order valence-electron chi connectivity index (χ0n) is 11.6. The van der Waals surface area contributed by atoms with Gasteiger partial charge < -0.3 is 15.0 Å². The van der Waals surface area contributed by atoms with Gasteiger partial charge in [-0.3, -0.25) is 9.59 Å². The number of esters is 1. The molecule has 0 aromatic carbocycles. The standard InChI is InChI=1S/C12H19N3O3S/c1-5-15(3)11(17)8(2)13-12-14-9(7-19-12)6-10(16)18-4/h7-8H,5-6H2,1-4H3,(H,13,14). The monoisotopic (exact) mass is 285 g/mol. The molecule has 1 rings (SSSR count). The third-order valence-corrected chi connectivity index (χ3v) is 3.49. The van der Waals surface area contributed by atoms with Crippen LogP contribution in [-0.2, 0) is 20.7 Å². The van der Waals surface area contributed by atoms with Crippen molar-refractivity contribution in [2.45, 2.75) is 26.3 Å². The molecule has 0 aliphatic carbocycles. The molecule has 1 N–H and O–H groups in total. The van der Waals surface area contributed by atoms with Crippen molar-refractivity contribution >= 4 is 28.3 Å². The summed E-state index contributed by atoms with van der Waals surface area (Å²) in [5.74, 6) is -0.320. The largest absolute Gasteiger partial charge is 0.469 e. The van der Waals surface area contributed by atoms with Gasteiger partial charge >= 0.3 is 5.97 Å². The Hall–Kier alpha value is -1.63. The smallest absolute Gasteiger partial charge is 0.311 e. The average Bonchev–Trinajstić information content (AvgIpc) is 2.83. The number of methoxy groups -OCH3 is 1. The maximum Gasteiger partial charge on any atom is 0.311 e. The summed E-state index contributed by atoms with van der Waals surface area (Å²) in [5, 5.41) is 5.44. The number of thiazole rings is 1. The minimum absolute atomic E-state index is 0.00668. The fourth-order valence-corrected chi connectivity index (χ4v) is 2.21. The highest BCUT2D eigenvalue weighted by atomic mass is 32.1. The lowest BCUT2D eigenvalue weighted by molar-refractivity contribution is -0.139. The molecule has 19 heavy (non-hydrogen) atoms. The summed E-state index contributed by atoms with van der Waals surface area (Å²) in [5.41, 5.74) is 0.642. The topological polar surface area (TPSA) is 71.5 Å². The Balaban J connectivity index is 2.58. The minimum Gasteiger partial charge on any atom is -0.469 e. The number of rotatable bonds is 6. The maximum absolute atomic E-state index is 11.9. The van der Waals surface area contributed by atoms with E-state index in [1.807, 2.05) is 6.92 Å². The summed E-state index contributed by atoms with van der Waals surface area (Å²) in [7, 11) is 3.10. The molecule has 1 atom stereocenters. The van der Waals surface area contributed by atoms with E-state index in [1.54, 1.807) is 24.3 Å². The highest BCUT2D eigenvalue weighted by Gasteiger charge is 2.17. The van der Waals surface area contributed by atoms with E-state index in [-0.39, 0.29) is 24.3 Å². The van der Waals surface area contributed by atoms with Crippen molar-refractivity contribution < 1.29 is 14.3 Å². The van der Waals surface area contributed by atoms with Crippen LogP contribution < -0.4 is 5.32 Å². The number of aromatic nitrogens is 1. The van der Waals surface area contributed by atoms with Crippen LogP contribution in [0.1, 0.15) is 19.5 Å². The number of amides is 1. The minimum atomic E-state index is -0.345. The van der Waals surface area contributed by atoms with E-state index in [0.29, 0.717) is 17.4 Å². The molecule has 7 heteroatoms. The second kappa shape index (κ2) is 7.08. The van der Waals surface area contributed by atoms with Crippen LogP contribution in [-0.4, -0.2) is 48.5 Å². The first-order valence-electron chi connectivity index (χ1n) is 6.00. The van der Waals surface area contributed by atoms with Crippen molar-refractivity contribution in [1.82, 2.24) is 9.88 Å². The molecule has 0 saturated carbocycles. The Morgan fingerprint density at radius 3 is 2.84 bits per heavy atom. The molecule has 0 aliphatic rings. The van der Waals surface area contributed by atoms with Crippen molar-refractivity contribution in [3.8, 4) is 0 Å². The predicted molar refractivity (Wildman–Crippen MR) is 74.2 cm³/mol. The summed E-state index contributed by atoms with van der Waals surface area (Å²) in [6.07, 6.45) is 0.145. The highest BCUT2D eigenvalue weighted by Crippen LogP contribution is 2.17. The molecule has 0 saturated heterocycles. The summed E-state index contributed by atoms with van der Waals surface area (Å²) in [4.78, 5) is 28.9. The van der Waals surface area contributed by atoms with Crippen LogP contribution in [0.15, 0.2) is 5.38 Å². The third-order valence-electron chi connectivity index (χ3n) is 2.67. The highest BCUT2D eigenvalue weighted by molar-refractivity contribution is 7.13. The summed E-state index contributed by atoms with van der Waals surface area (Å²) < 4.78 is 4.57. The Labute approximate surface area is 116 Å². The van der Waals surface area contributed by atoms with Crippen LogP contribution in [0.5, 0.6) is 0 Å². The molecular weight excluding hydrogens is 266 g/mol. The molecule has 1 aromatic heterocycles. The number of carbonyl (C=O) groups excluding carboxylic acids is 2. The van der Waals surface area contributed by atoms with Gasteiger partial charge in [0, 0.05) is 19.0 Å². The maximum atomic E-state index is 11.9. The Morgan fingerprint density at radius 2 is 2.26 bits per heavy atom.